The Balaban J connectivity index is 1.14. The van der Waals surface area contributed by atoms with Gasteiger partial charge in [0.05, 0.1) is 35.9 Å². The molecule has 2 aliphatic heterocycles. The lowest BCUT2D eigenvalue weighted by Crippen LogP contribution is -2.33. The smallest absolute Gasteiger partial charge is 0.214 e. The van der Waals surface area contributed by atoms with Gasteiger partial charge in [0.1, 0.15) is 18.2 Å². The first-order chi connectivity index (χ1) is 19.4. The van der Waals surface area contributed by atoms with Crippen molar-refractivity contribution >= 4 is 28.2 Å². The monoisotopic (exact) mass is 564 g/mol. The van der Waals surface area contributed by atoms with Crippen molar-refractivity contribution in [1.29, 1.82) is 0 Å². The van der Waals surface area contributed by atoms with E-state index in [0.717, 1.165) is 60.7 Å². The summed E-state index contributed by atoms with van der Waals surface area (Å²) in [5.74, 6) is 0.961. The molecule has 0 saturated carbocycles. The van der Waals surface area contributed by atoms with Crippen molar-refractivity contribution in [2.24, 2.45) is 0 Å². The number of hydrogen-bond donors (Lipinski definition) is 2. The number of ether oxygens (including phenoxy) is 2. The maximum atomic E-state index is 14.1. The van der Waals surface area contributed by atoms with Gasteiger partial charge < -0.3 is 24.3 Å². The SMILES string of the molecule is OC(O)c1ccc2nc(CN3CC=C(c4cccc(OCc5ccc(Cl)cc5F)n4)CC3)n(C[C@@H]3CCO3)c2c1. The lowest BCUT2D eigenvalue weighted by molar-refractivity contribution is -0.0592. The number of aliphatic hydroxyl groups is 2. The van der Waals surface area contributed by atoms with Gasteiger partial charge in [0.15, 0.2) is 6.29 Å². The predicted octanol–water partition coefficient (Wildman–Crippen LogP) is 4.86. The van der Waals surface area contributed by atoms with Crippen molar-refractivity contribution in [3.05, 3.63) is 94.2 Å². The van der Waals surface area contributed by atoms with E-state index in [4.69, 9.17) is 26.1 Å². The van der Waals surface area contributed by atoms with Crippen LogP contribution >= 0.6 is 11.6 Å². The molecule has 2 aromatic carbocycles. The van der Waals surface area contributed by atoms with Crippen LogP contribution in [0, 0.1) is 5.82 Å². The lowest BCUT2D eigenvalue weighted by Gasteiger charge is -2.29. The molecule has 40 heavy (non-hydrogen) atoms. The number of imidazole rings is 1. The number of benzene rings is 2. The zero-order valence-electron chi connectivity index (χ0n) is 21.8. The van der Waals surface area contributed by atoms with E-state index in [1.807, 2.05) is 18.2 Å². The van der Waals surface area contributed by atoms with Crippen LogP contribution in [0.2, 0.25) is 5.02 Å². The van der Waals surface area contributed by atoms with Crippen molar-refractivity contribution in [3.8, 4) is 5.88 Å². The molecule has 2 N–H and O–H groups in total. The Morgan fingerprint density at radius 1 is 1.12 bits per heavy atom. The maximum Gasteiger partial charge on any atom is 0.214 e. The van der Waals surface area contributed by atoms with Gasteiger partial charge in [-0.2, -0.15) is 0 Å². The summed E-state index contributed by atoms with van der Waals surface area (Å²) < 4.78 is 27.7. The van der Waals surface area contributed by atoms with Gasteiger partial charge in [-0.15, -0.1) is 0 Å². The van der Waals surface area contributed by atoms with Crippen LogP contribution in [0.3, 0.4) is 0 Å². The number of pyridine rings is 1. The van der Waals surface area contributed by atoms with Crippen molar-refractivity contribution in [2.45, 2.75) is 44.9 Å². The standard InChI is InChI=1S/C30H30ClFN4O4/c31-22-6-4-21(24(32)15-22)18-40-29-3-1-2-25(34-29)19-8-11-35(12-9-19)17-28-33-26-7-5-20(30(37)38)14-27(26)36(28)16-23-10-13-39-23/h1-8,14-15,23,30,37-38H,9-13,16-18H2/t23-/m0/s1. The summed E-state index contributed by atoms with van der Waals surface area (Å²) in [6.07, 6.45) is 2.61. The number of nitrogens with zero attached hydrogens (tertiary/aromatic N) is 4. The lowest BCUT2D eigenvalue weighted by atomic mass is 10.0. The third-order valence-electron chi connectivity index (χ3n) is 7.43. The molecule has 4 heterocycles. The molecule has 0 aliphatic carbocycles. The zero-order valence-corrected chi connectivity index (χ0v) is 22.6. The number of aliphatic hydroxyl groups excluding tert-OH is 1. The second-order valence-corrected chi connectivity index (χ2v) is 10.6. The van der Waals surface area contributed by atoms with Gasteiger partial charge in [-0.25, -0.2) is 14.4 Å². The van der Waals surface area contributed by atoms with Crippen molar-refractivity contribution in [2.75, 3.05) is 19.7 Å². The van der Waals surface area contributed by atoms with E-state index in [2.05, 4.69) is 20.5 Å². The van der Waals surface area contributed by atoms with Crippen LogP contribution < -0.4 is 4.74 Å². The van der Waals surface area contributed by atoms with E-state index >= 15 is 0 Å². The van der Waals surface area contributed by atoms with Crippen molar-refractivity contribution < 1.29 is 24.1 Å². The molecule has 0 spiro atoms. The van der Waals surface area contributed by atoms with Gasteiger partial charge >= 0.3 is 0 Å². The van der Waals surface area contributed by atoms with Gasteiger partial charge in [-0.05, 0) is 48.7 Å². The summed E-state index contributed by atoms with van der Waals surface area (Å²) in [4.78, 5) is 11.9. The number of rotatable bonds is 9. The first-order valence-electron chi connectivity index (χ1n) is 13.4. The van der Waals surface area contributed by atoms with Gasteiger partial charge in [-0.1, -0.05) is 35.9 Å². The molecular weight excluding hydrogens is 535 g/mol. The molecular formula is C30H30ClFN4O4. The summed E-state index contributed by atoms with van der Waals surface area (Å²) in [5.41, 5.74) is 4.55. The molecule has 8 nitrogen and oxygen atoms in total. The van der Waals surface area contributed by atoms with Crippen molar-refractivity contribution in [1.82, 2.24) is 19.4 Å². The molecule has 1 saturated heterocycles. The highest BCUT2D eigenvalue weighted by molar-refractivity contribution is 6.30. The average Bonchev–Trinajstić information content (AvgIpc) is 3.26. The normalized spacial score (nSPS) is 17.7. The average molecular weight is 565 g/mol. The largest absolute Gasteiger partial charge is 0.473 e. The van der Waals surface area contributed by atoms with Gasteiger partial charge in [0, 0.05) is 41.9 Å². The molecule has 208 valence electrons. The Hall–Kier alpha value is -3.34. The molecule has 0 radical (unpaired) electrons. The van der Waals surface area contributed by atoms with Crippen LogP contribution in [-0.2, 0) is 24.4 Å². The summed E-state index contributed by atoms with van der Waals surface area (Å²) in [5, 5.41) is 19.7. The molecule has 2 aromatic heterocycles. The highest BCUT2D eigenvalue weighted by Gasteiger charge is 2.24. The molecule has 0 amide bonds. The van der Waals surface area contributed by atoms with Gasteiger partial charge in [0.2, 0.25) is 5.88 Å². The van der Waals surface area contributed by atoms with Gasteiger partial charge in [-0.3, -0.25) is 4.90 Å². The Kier molecular flexibility index (Phi) is 7.82. The summed E-state index contributed by atoms with van der Waals surface area (Å²) in [6.45, 7) is 3.75. The van der Waals surface area contributed by atoms with E-state index < -0.39 is 12.1 Å². The second kappa shape index (κ2) is 11.6. The summed E-state index contributed by atoms with van der Waals surface area (Å²) in [6, 6.07) is 15.5. The Bertz CT molecular complexity index is 1550. The van der Waals surface area contributed by atoms with E-state index in [1.165, 1.54) is 6.07 Å². The number of hydrogen-bond acceptors (Lipinski definition) is 7. The minimum atomic E-state index is -1.53. The first kappa shape index (κ1) is 26.9. The summed E-state index contributed by atoms with van der Waals surface area (Å²) in [7, 11) is 0. The molecule has 2 aliphatic rings. The van der Waals surface area contributed by atoms with Crippen LogP contribution in [0.25, 0.3) is 16.6 Å². The maximum absolute atomic E-state index is 14.1. The quantitative estimate of drug-likeness (QED) is 0.280. The minimum absolute atomic E-state index is 0.0674. The fourth-order valence-corrected chi connectivity index (χ4v) is 5.22. The molecule has 10 heteroatoms. The number of aromatic nitrogens is 3. The molecule has 0 bridgehead atoms. The van der Waals surface area contributed by atoms with Crippen LogP contribution in [0.4, 0.5) is 4.39 Å². The molecule has 1 fully saturated rings. The van der Waals surface area contributed by atoms with Crippen molar-refractivity contribution in [3.63, 3.8) is 0 Å². The molecule has 4 aromatic rings. The molecule has 1 atom stereocenters. The Labute approximate surface area is 236 Å². The van der Waals surface area contributed by atoms with Crippen LogP contribution in [0.15, 0.2) is 60.7 Å². The van der Waals surface area contributed by atoms with Crippen LogP contribution in [0.1, 0.15) is 41.8 Å². The summed E-state index contributed by atoms with van der Waals surface area (Å²) >= 11 is 5.84. The van der Waals surface area contributed by atoms with Crippen LogP contribution in [0.5, 0.6) is 5.88 Å². The van der Waals surface area contributed by atoms with E-state index in [1.54, 1.807) is 30.3 Å². The molecule has 0 unspecified atom stereocenters. The van der Waals surface area contributed by atoms with E-state index in [-0.39, 0.29) is 12.7 Å². The third kappa shape index (κ3) is 5.89. The van der Waals surface area contributed by atoms with E-state index in [0.29, 0.717) is 35.1 Å². The Morgan fingerprint density at radius 3 is 2.73 bits per heavy atom. The third-order valence-corrected chi connectivity index (χ3v) is 7.67. The van der Waals surface area contributed by atoms with Gasteiger partial charge in [0.25, 0.3) is 0 Å². The highest BCUT2D eigenvalue weighted by atomic mass is 35.5. The highest BCUT2D eigenvalue weighted by Crippen LogP contribution is 2.27. The topological polar surface area (TPSA) is 92.9 Å². The predicted molar refractivity (Wildman–Crippen MR) is 149 cm³/mol. The first-order valence-corrected chi connectivity index (χ1v) is 13.7. The fraction of sp³-hybridized carbons (Fsp3) is 0.333. The zero-order chi connectivity index (χ0) is 27.6. The fourth-order valence-electron chi connectivity index (χ4n) is 5.06. The second-order valence-electron chi connectivity index (χ2n) is 10.1. The minimum Gasteiger partial charge on any atom is -0.473 e. The Morgan fingerprint density at radius 2 is 2.00 bits per heavy atom. The number of halogens is 2. The number of fused-ring (bicyclic) bond motifs is 1. The van der Waals surface area contributed by atoms with E-state index in [9.17, 15) is 14.6 Å². The van der Waals surface area contributed by atoms with Crippen LogP contribution in [-0.4, -0.2) is 55.4 Å². The molecule has 6 rings (SSSR count).